The first-order valence-corrected chi connectivity index (χ1v) is 6.80. The standard InChI is InChI=1S/C15H24N2/c1-4-16-14-5-6-15(13(3)11-14)17-9-7-12(2)8-10-17/h5-6,11-12,16H,4,7-10H2,1-3H3. The van der Waals surface area contributed by atoms with E-state index >= 15 is 0 Å². The van der Waals surface area contributed by atoms with Crippen LogP contribution in [0.2, 0.25) is 0 Å². The van der Waals surface area contributed by atoms with Crippen molar-refractivity contribution in [1.82, 2.24) is 0 Å². The molecule has 0 aromatic heterocycles. The predicted molar refractivity (Wildman–Crippen MR) is 76.0 cm³/mol. The normalized spacial score (nSPS) is 17.2. The first-order chi connectivity index (χ1) is 8.20. The summed E-state index contributed by atoms with van der Waals surface area (Å²) in [6.45, 7) is 10.1. The summed E-state index contributed by atoms with van der Waals surface area (Å²) in [5.74, 6) is 0.896. The Bertz CT molecular complexity index is 365. The fourth-order valence-electron chi connectivity index (χ4n) is 2.57. The maximum Gasteiger partial charge on any atom is 0.0397 e. The van der Waals surface area contributed by atoms with Crippen LogP contribution < -0.4 is 10.2 Å². The second-order valence-electron chi connectivity index (χ2n) is 5.20. The smallest absolute Gasteiger partial charge is 0.0397 e. The Morgan fingerprint density at radius 1 is 1.29 bits per heavy atom. The van der Waals surface area contributed by atoms with E-state index in [9.17, 15) is 0 Å². The molecule has 2 rings (SSSR count). The fraction of sp³-hybridized carbons (Fsp3) is 0.600. The minimum Gasteiger partial charge on any atom is -0.385 e. The molecule has 0 amide bonds. The minimum absolute atomic E-state index is 0.896. The molecule has 1 aliphatic rings. The zero-order chi connectivity index (χ0) is 12.3. The summed E-state index contributed by atoms with van der Waals surface area (Å²) in [7, 11) is 0. The van der Waals surface area contributed by atoms with Gasteiger partial charge in [0.1, 0.15) is 0 Å². The lowest BCUT2D eigenvalue weighted by Crippen LogP contribution is -2.33. The van der Waals surface area contributed by atoms with Gasteiger partial charge in [-0.3, -0.25) is 0 Å². The van der Waals surface area contributed by atoms with E-state index in [1.807, 2.05) is 0 Å². The first kappa shape index (κ1) is 12.3. The van der Waals surface area contributed by atoms with Crippen molar-refractivity contribution in [3.63, 3.8) is 0 Å². The predicted octanol–water partition coefficient (Wildman–Crippen LogP) is 3.66. The van der Waals surface area contributed by atoms with Gasteiger partial charge in [0, 0.05) is 31.0 Å². The SMILES string of the molecule is CCNc1ccc(N2CCC(C)CC2)c(C)c1. The molecule has 1 saturated heterocycles. The maximum atomic E-state index is 3.37. The molecule has 0 aliphatic carbocycles. The average Bonchev–Trinajstić information content (AvgIpc) is 2.31. The molecule has 1 heterocycles. The molecule has 0 saturated carbocycles. The largest absolute Gasteiger partial charge is 0.385 e. The molecular formula is C15H24N2. The van der Waals surface area contributed by atoms with Gasteiger partial charge in [-0.25, -0.2) is 0 Å². The third-order valence-corrected chi connectivity index (χ3v) is 3.70. The highest BCUT2D eigenvalue weighted by molar-refractivity contribution is 5.60. The Balaban J connectivity index is 2.10. The Hall–Kier alpha value is -1.18. The average molecular weight is 232 g/mol. The number of nitrogens with one attached hydrogen (secondary N) is 1. The Labute approximate surface area is 105 Å². The molecule has 94 valence electrons. The fourth-order valence-corrected chi connectivity index (χ4v) is 2.57. The number of hydrogen-bond acceptors (Lipinski definition) is 2. The summed E-state index contributed by atoms with van der Waals surface area (Å²) in [5.41, 5.74) is 4.04. The Morgan fingerprint density at radius 2 is 2.00 bits per heavy atom. The highest BCUT2D eigenvalue weighted by Gasteiger charge is 2.17. The van der Waals surface area contributed by atoms with Gasteiger partial charge < -0.3 is 10.2 Å². The lowest BCUT2D eigenvalue weighted by molar-refractivity contribution is 0.438. The van der Waals surface area contributed by atoms with Gasteiger partial charge in [0.2, 0.25) is 0 Å². The lowest BCUT2D eigenvalue weighted by atomic mass is 9.98. The number of nitrogens with zero attached hydrogens (tertiary/aromatic N) is 1. The zero-order valence-electron chi connectivity index (χ0n) is 11.3. The zero-order valence-corrected chi connectivity index (χ0v) is 11.3. The maximum absolute atomic E-state index is 3.37. The van der Waals surface area contributed by atoms with Crippen LogP contribution in [0.1, 0.15) is 32.3 Å². The Morgan fingerprint density at radius 3 is 2.59 bits per heavy atom. The summed E-state index contributed by atoms with van der Waals surface area (Å²) in [6, 6.07) is 6.73. The number of rotatable bonds is 3. The molecule has 0 spiro atoms. The van der Waals surface area contributed by atoms with Crippen molar-refractivity contribution in [3.8, 4) is 0 Å². The van der Waals surface area contributed by atoms with Gasteiger partial charge in [0.05, 0.1) is 0 Å². The molecule has 1 aromatic rings. The van der Waals surface area contributed by atoms with Gasteiger partial charge in [-0.1, -0.05) is 6.92 Å². The number of anilines is 2. The number of aryl methyl sites for hydroxylation is 1. The van der Waals surface area contributed by atoms with E-state index < -0.39 is 0 Å². The summed E-state index contributed by atoms with van der Waals surface area (Å²) in [6.07, 6.45) is 2.66. The van der Waals surface area contributed by atoms with Crippen molar-refractivity contribution in [2.45, 2.75) is 33.6 Å². The molecule has 0 atom stereocenters. The second kappa shape index (κ2) is 5.44. The van der Waals surface area contributed by atoms with E-state index in [1.165, 1.54) is 42.9 Å². The van der Waals surface area contributed by atoms with Crippen molar-refractivity contribution < 1.29 is 0 Å². The number of benzene rings is 1. The van der Waals surface area contributed by atoms with E-state index in [-0.39, 0.29) is 0 Å². The van der Waals surface area contributed by atoms with Gasteiger partial charge in [-0.2, -0.15) is 0 Å². The lowest BCUT2D eigenvalue weighted by Gasteiger charge is -2.33. The van der Waals surface area contributed by atoms with Gasteiger partial charge >= 0.3 is 0 Å². The van der Waals surface area contributed by atoms with Crippen LogP contribution >= 0.6 is 0 Å². The van der Waals surface area contributed by atoms with Crippen LogP contribution in [-0.2, 0) is 0 Å². The number of hydrogen-bond donors (Lipinski definition) is 1. The third-order valence-electron chi connectivity index (χ3n) is 3.70. The molecule has 0 bridgehead atoms. The van der Waals surface area contributed by atoms with E-state index in [2.05, 4.69) is 49.2 Å². The molecule has 1 N–H and O–H groups in total. The van der Waals surface area contributed by atoms with Crippen molar-refractivity contribution in [3.05, 3.63) is 23.8 Å². The van der Waals surface area contributed by atoms with Crippen LogP contribution in [0.5, 0.6) is 0 Å². The van der Waals surface area contributed by atoms with Crippen LogP contribution in [-0.4, -0.2) is 19.6 Å². The van der Waals surface area contributed by atoms with E-state index in [1.54, 1.807) is 0 Å². The molecule has 0 unspecified atom stereocenters. The molecule has 2 heteroatoms. The van der Waals surface area contributed by atoms with Crippen molar-refractivity contribution in [2.75, 3.05) is 29.9 Å². The van der Waals surface area contributed by atoms with E-state index in [4.69, 9.17) is 0 Å². The van der Waals surface area contributed by atoms with E-state index in [0.29, 0.717) is 0 Å². The molecule has 2 nitrogen and oxygen atoms in total. The third kappa shape index (κ3) is 2.93. The van der Waals surface area contributed by atoms with Crippen LogP contribution in [0.25, 0.3) is 0 Å². The summed E-state index contributed by atoms with van der Waals surface area (Å²) < 4.78 is 0. The molecule has 1 fully saturated rings. The van der Waals surface area contributed by atoms with Crippen molar-refractivity contribution >= 4 is 11.4 Å². The van der Waals surface area contributed by atoms with Gasteiger partial charge in [-0.15, -0.1) is 0 Å². The van der Waals surface area contributed by atoms with Crippen LogP contribution in [0.3, 0.4) is 0 Å². The second-order valence-corrected chi connectivity index (χ2v) is 5.20. The summed E-state index contributed by atoms with van der Waals surface area (Å²) in [5, 5.41) is 3.37. The van der Waals surface area contributed by atoms with E-state index in [0.717, 1.165) is 12.5 Å². The van der Waals surface area contributed by atoms with Gasteiger partial charge in [0.25, 0.3) is 0 Å². The minimum atomic E-state index is 0.896. The molecule has 0 radical (unpaired) electrons. The van der Waals surface area contributed by atoms with Crippen molar-refractivity contribution in [2.24, 2.45) is 5.92 Å². The highest BCUT2D eigenvalue weighted by atomic mass is 15.1. The van der Waals surface area contributed by atoms with Crippen LogP contribution in [0.4, 0.5) is 11.4 Å². The monoisotopic (exact) mass is 232 g/mol. The summed E-state index contributed by atoms with van der Waals surface area (Å²) in [4.78, 5) is 2.53. The quantitative estimate of drug-likeness (QED) is 0.855. The van der Waals surface area contributed by atoms with Crippen LogP contribution in [0.15, 0.2) is 18.2 Å². The molecule has 1 aromatic carbocycles. The van der Waals surface area contributed by atoms with Crippen molar-refractivity contribution in [1.29, 1.82) is 0 Å². The topological polar surface area (TPSA) is 15.3 Å². The summed E-state index contributed by atoms with van der Waals surface area (Å²) >= 11 is 0. The highest BCUT2D eigenvalue weighted by Crippen LogP contribution is 2.27. The molecule has 1 aliphatic heterocycles. The molecular weight excluding hydrogens is 208 g/mol. The van der Waals surface area contributed by atoms with Crippen LogP contribution in [0, 0.1) is 12.8 Å². The van der Waals surface area contributed by atoms with Gasteiger partial charge in [0.15, 0.2) is 0 Å². The molecule has 17 heavy (non-hydrogen) atoms. The number of piperidine rings is 1. The van der Waals surface area contributed by atoms with Gasteiger partial charge in [-0.05, 0) is 56.4 Å². The first-order valence-electron chi connectivity index (χ1n) is 6.80. The Kier molecular flexibility index (Phi) is 3.93.